The van der Waals surface area contributed by atoms with Crippen LogP contribution in [0.25, 0.3) is 0 Å². The number of rotatable bonds is 7. The van der Waals surface area contributed by atoms with Gasteiger partial charge in [0.1, 0.15) is 0 Å². The van der Waals surface area contributed by atoms with Crippen molar-refractivity contribution < 1.29 is 23.1 Å². The van der Waals surface area contributed by atoms with Crippen LogP contribution in [0.5, 0.6) is 0 Å². The van der Waals surface area contributed by atoms with Crippen LogP contribution in [0, 0.1) is 0 Å². The van der Waals surface area contributed by atoms with Gasteiger partial charge in [-0.25, -0.2) is 13.2 Å². The highest BCUT2D eigenvalue weighted by molar-refractivity contribution is 7.90. The van der Waals surface area contributed by atoms with Crippen LogP contribution in [0.1, 0.15) is 18.4 Å². The molecule has 21 heavy (non-hydrogen) atoms. The predicted octanol–water partition coefficient (Wildman–Crippen LogP) is 0.754. The summed E-state index contributed by atoms with van der Waals surface area (Å²) in [6.07, 6.45) is 1.50. The van der Waals surface area contributed by atoms with Gasteiger partial charge in [0, 0.05) is 25.8 Å². The average Bonchev–Trinajstić information content (AvgIpc) is 2.40. The third-order valence-electron chi connectivity index (χ3n) is 2.66. The van der Waals surface area contributed by atoms with E-state index in [9.17, 15) is 18.0 Å². The fraction of sp³-hybridized carbons (Fsp3) is 0.385. The first-order valence-corrected chi connectivity index (χ1v) is 8.20. The molecular formula is C13H18N2O5S. The Morgan fingerprint density at radius 3 is 2.29 bits per heavy atom. The lowest BCUT2D eigenvalue weighted by molar-refractivity contribution is -0.137. The Bertz CT molecular complexity index is 595. The first-order valence-electron chi connectivity index (χ1n) is 6.31. The summed E-state index contributed by atoms with van der Waals surface area (Å²) >= 11 is 0. The summed E-state index contributed by atoms with van der Waals surface area (Å²) in [5.41, 5.74) is 0.767. The van der Waals surface area contributed by atoms with Gasteiger partial charge >= 0.3 is 12.0 Å². The van der Waals surface area contributed by atoms with Crippen LogP contribution in [-0.2, 0) is 21.2 Å². The Morgan fingerprint density at radius 1 is 1.14 bits per heavy atom. The number of aliphatic carboxylic acids is 1. The molecule has 0 aliphatic heterocycles. The Kier molecular flexibility index (Phi) is 6.16. The topological polar surface area (TPSA) is 113 Å². The Balaban J connectivity index is 2.35. The van der Waals surface area contributed by atoms with Crippen molar-refractivity contribution in [3.63, 3.8) is 0 Å². The Morgan fingerprint density at radius 2 is 1.76 bits per heavy atom. The number of hydrogen-bond acceptors (Lipinski definition) is 4. The summed E-state index contributed by atoms with van der Waals surface area (Å²) < 4.78 is 22.6. The fourth-order valence-corrected chi connectivity index (χ4v) is 2.17. The zero-order valence-electron chi connectivity index (χ0n) is 11.6. The van der Waals surface area contributed by atoms with E-state index in [4.69, 9.17) is 5.11 Å². The van der Waals surface area contributed by atoms with Crippen LogP contribution in [0.15, 0.2) is 29.2 Å². The summed E-state index contributed by atoms with van der Waals surface area (Å²) in [6, 6.07) is 5.82. The van der Waals surface area contributed by atoms with Crippen LogP contribution >= 0.6 is 0 Å². The number of carbonyl (C=O) groups is 2. The molecule has 7 nitrogen and oxygen atoms in total. The second kappa shape index (κ2) is 7.63. The highest BCUT2D eigenvalue weighted by Gasteiger charge is 2.06. The van der Waals surface area contributed by atoms with Crippen molar-refractivity contribution in [2.24, 2.45) is 0 Å². The number of sulfone groups is 1. The van der Waals surface area contributed by atoms with Gasteiger partial charge in [-0.2, -0.15) is 0 Å². The summed E-state index contributed by atoms with van der Waals surface area (Å²) in [6.45, 7) is 0.542. The van der Waals surface area contributed by atoms with Crippen LogP contribution < -0.4 is 10.6 Å². The SMILES string of the molecule is CS(=O)(=O)c1ccc(CNC(=O)NCCCC(=O)O)cc1. The lowest BCUT2D eigenvalue weighted by Gasteiger charge is -2.07. The van der Waals surface area contributed by atoms with Crippen molar-refractivity contribution in [3.8, 4) is 0 Å². The minimum atomic E-state index is -3.22. The van der Waals surface area contributed by atoms with Gasteiger partial charge in [-0.1, -0.05) is 12.1 Å². The smallest absolute Gasteiger partial charge is 0.315 e. The molecule has 3 N–H and O–H groups in total. The lowest BCUT2D eigenvalue weighted by Crippen LogP contribution is -2.35. The fourth-order valence-electron chi connectivity index (χ4n) is 1.54. The van der Waals surface area contributed by atoms with Gasteiger partial charge in [-0.3, -0.25) is 4.79 Å². The molecule has 0 saturated carbocycles. The third-order valence-corrected chi connectivity index (χ3v) is 3.79. The standard InChI is InChI=1S/C13H18N2O5S/c1-21(19,20)11-6-4-10(5-7-11)9-15-13(18)14-8-2-3-12(16)17/h4-7H,2-3,8-9H2,1H3,(H,16,17)(H2,14,15,18). The Hall–Kier alpha value is -2.09. The molecule has 1 aromatic rings. The summed E-state index contributed by atoms with van der Waals surface area (Å²) in [5.74, 6) is -0.900. The number of carbonyl (C=O) groups excluding carboxylic acids is 1. The molecule has 0 aliphatic carbocycles. The number of hydrogen-bond donors (Lipinski definition) is 3. The monoisotopic (exact) mass is 314 g/mol. The van der Waals surface area contributed by atoms with Gasteiger partial charge in [-0.15, -0.1) is 0 Å². The number of carboxylic acid groups (broad SMARTS) is 1. The first-order chi connectivity index (χ1) is 9.79. The molecule has 8 heteroatoms. The van der Waals surface area contributed by atoms with Crippen molar-refractivity contribution in [3.05, 3.63) is 29.8 Å². The molecule has 0 radical (unpaired) electrons. The summed E-state index contributed by atoms with van der Waals surface area (Å²) in [4.78, 5) is 21.9. The lowest BCUT2D eigenvalue weighted by atomic mass is 10.2. The predicted molar refractivity (Wildman–Crippen MR) is 76.7 cm³/mol. The molecule has 0 spiro atoms. The highest BCUT2D eigenvalue weighted by atomic mass is 32.2. The molecule has 1 rings (SSSR count). The van der Waals surface area contributed by atoms with Gasteiger partial charge in [0.15, 0.2) is 9.84 Å². The zero-order chi connectivity index (χ0) is 15.9. The first kappa shape index (κ1) is 17.0. The minimum absolute atomic E-state index is 0.00718. The number of nitrogens with one attached hydrogen (secondary N) is 2. The van der Waals surface area contributed by atoms with E-state index in [0.29, 0.717) is 6.42 Å². The van der Waals surface area contributed by atoms with E-state index in [2.05, 4.69) is 10.6 Å². The highest BCUT2D eigenvalue weighted by Crippen LogP contribution is 2.09. The van der Waals surface area contributed by atoms with E-state index in [-0.39, 0.29) is 24.4 Å². The van der Waals surface area contributed by atoms with E-state index >= 15 is 0 Å². The van der Waals surface area contributed by atoms with E-state index in [1.807, 2.05) is 0 Å². The van der Waals surface area contributed by atoms with Crippen LogP contribution in [0.4, 0.5) is 4.79 Å². The van der Waals surface area contributed by atoms with Crippen molar-refractivity contribution in [2.45, 2.75) is 24.3 Å². The van der Waals surface area contributed by atoms with Crippen molar-refractivity contribution in [1.82, 2.24) is 10.6 Å². The van der Waals surface area contributed by atoms with Crippen LogP contribution in [0.3, 0.4) is 0 Å². The van der Waals surface area contributed by atoms with Crippen molar-refractivity contribution in [1.29, 1.82) is 0 Å². The number of benzene rings is 1. The number of carboxylic acids is 1. The molecule has 0 aromatic heterocycles. The quantitative estimate of drug-likeness (QED) is 0.643. The summed E-state index contributed by atoms with van der Waals surface area (Å²) in [7, 11) is -3.22. The molecule has 1 aromatic carbocycles. The second-order valence-electron chi connectivity index (χ2n) is 4.52. The van der Waals surface area contributed by atoms with E-state index in [0.717, 1.165) is 11.8 Å². The molecule has 0 aliphatic rings. The maximum atomic E-state index is 11.4. The summed E-state index contributed by atoms with van der Waals surface area (Å²) in [5, 5.41) is 13.6. The molecular weight excluding hydrogens is 296 g/mol. The molecule has 0 saturated heterocycles. The molecule has 0 heterocycles. The molecule has 2 amide bonds. The van der Waals surface area contributed by atoms with Gasteiger partial charge in [0.25, 0.3) is 0 Å². The maximum absolute atomic E-state index is 11.4. The van der Waals surface area contributed by atoms with E-state index < -0.39 is 21.8 Å². The minimum Gasteiger partial charge on any atom is -0.481 e. The van der Waals surface area contributed by atoms with Gasteiger partial charge in [0.05, 0.1) is 4.90 Å². The molecule has 0 unspecified atom stereocenters. The number of amides is 2. The zero-order valence-corrected chi connectivity index (χ0v) is 12.4. The van der Waals surface area contributed by atoms with Crippen molar-refractivity contribution in [2.75, 3.05) is 12.8 Å². The maximum Gasteiger partial charge on any atom is 0.315 e. The average molecular weight is 314 g/mol. The normalized spacial score (nSPS) is 10.9. The van der Waals surface area contributed by atoms with Crippen molar-refractivity contribution >= 4 is 21.8 Å². The number of urea groups is 1. The van der Waals surface area contributed by atoms with E-state index in [1.165, 1.54) is 12.1 Å². The van der Waals surface area contributed by atoms with Gasteiger partial charge < -0.3 is 15.7 Å². The Labute approximate surface area is 123 Å². The molecule has 0 fully saturated rings. The molecule has 116 valence electrons. The van der Waals surface area contributed by atoms with Crippen LogP contribution in [0.2, 0.25) is 0 Å². The molecule has 0 atom stereocenters. The molecule has 0 bridgehead atoms. The van der Waals surface area contributed by atoms with E-state index in [1.54, 1.807) is 12.1 Å². The largest absolute Gasteiger partial charge is 0.481 e. The third kappa shape index (κ3) is 6.75. The van der Waals surface area contributed by atoms with Gasteiger partial charge in [-0.05, 0) is 24.1 Å². The van der Waals surface area contributed by atoms with Crippen LogP contribution in [-0.4, -0.2) is 38.3 Å². The second-order valence-corrected chi connectivity index (χ2v) is 6.54. The van der Waals surface area contributed by atoms with Gasteiger partial charge in [0.2, 0.25) is 0 Å².